The molecule has 1 aromatic carbocycles. The van der Waals surface area contributed by atoms with Crippen molar-refractivity contribution in [1.29, 1.82) is 0 Å². The van der Waals surface area contributed by atoms with Gasteiger partial charge in [-0.15, -0.1) is 0 Å². The van der Waals surface area contributed by atoms with Gasteiger partial charge < -0.3 is 0 Å². The quantitative estimate of drug-likeness (QED) is 0.710. The van der Waals surface area contributed by atoms with Gasteiger partial charge in [-0.2, -0.15) is 0 Å². The summed E-state index contributed by atoms with van der Waals surface area (Å²) in [6, 6.07) is 7.49. The van der Waals surface area contributed by atoms with Gasteiger partial charge in [0.15, 0.2) is 0 Å². The summed E-state index contributed by atoms with van der Waals surface area (Å²) >= 11 is 0. The summed E-state index contributed by atoms with van der Waals surface area (Å²) in [5.41, 5.74) is 0.917. The maximum Gasteiger partial charge on any atom is 0.271 e. The van der Waals surface area contributed by atoms with E-state index in [0.717, 1.165) is 10.9 Å². The van der Waals surface area contributed by atoms with E-state index in [2.05, 4.69) is 5.10 Å². The summed E-state index contributed by atoms with van der Waals surface area (Å²) in [6.45, 7) is 8.00. The lowest BCUT2D eigenvalue weighted by Gasteiger charge is -1.90. The Morgan fingerprint density at radius 1 is 1.07 bits per heavy atom. The molecule has 0 radical (unpaired) electrons. The standard InChI is InChI=1S/C8H8N2O.2C2H6/c1-10-7-5-3-2-4-6(7)8(11)9-10;2*1-2/h2-5H,1H3,(H,9,11);2*1-2H3. The first kappa shape index (κ1) is 13.5. The van der Waals surface area contributed by atoms with Crippen LogP contribution in [0.1, 0.15) is 27.7 Å². The van der Waals surface area contributed by atoms with Crippen molar-refractivity contribution < 1.29 is 0 Å². The minimum atomic E-state index is -0.0249. The molecule has 1 aromatic heterocycles. The highest BCUT2D eigenvalue weighted by Crippen LogP contribution is 2.05. The topological polar surface area (TPSA) is 37.8 Å². The second-order valence-corrected chi connectivity index (χ2v) is 2.52. The first-order valence-electron chi connectivity index (χ1n) is 5.43. The number of hydrogen-bond acceptors (Lipinski definition) is 1. The SMILES string of the molecule is CC.CC.Cn1[nH]c(=O)c2ccccc21. The maximum absolute atomic E-state index is 11.1. The Balaban J connectivity index is 0.000000442. The van der Waals surface area contributed by atoms with Gasteiger partial charge in [0.25, 0.3) is 5.56 Å². The van der Waals surface area contributed by atoms with Crippen LogP contribution in [0.3, 0.4) is 0 Å². The summed E-state index contributed by atoms with van der Waals surface area (Å²) in [6.07, 6.45) is 0. The van der Waals surface area contributed by atoms with Crippen LogP contribution >= 0.6 is 0 Å². The molecule has 1 heterocycles. The fourth-order valence-electron chi connectivity index (χ4n) is 1.23. The smallest absolute Gasteiger partial charge is 0.271 e. The van der Waals surface area contributed by atoms with Gasteiger partial charge in [0, 0.05) is 7.05 Å². The van der Waals surface area contributed by atoms with Crippen molar-refractivity contribution in [3.8, 4) is 0 Å². The van der Waals surface area contributed by atoms with E-state index in [1.54, 1.807) is 4.68 Å². The van der Waals surface area contributed by atoms with Crippen molar-refractivity contribution in [2.45, 2.75) is 27.7 Å². The van der Waals surface area contributed by atoms with Crippen LogP contribution < -0.4 is 5.56 Å². The Bertz CT molecular complexity index is 440. The molecule has 84 valence electrons. The minimum Gasteiger partial charge on any atom is -0.288 e. The maximum atomic E-state index is 11.1. The number of rotatable bonds is 0. The van der Waals surface area contributed by atoms with Gasteiger partial charge in [0.1, 0.15) is 0 Å². The molecule has 0 atom stereocenters. The van der Waals surface area contributed by atoms with Crippen molar-refractivity contribution in [3.63, 3.8) is 0 Å². The van der Waals surface area contributed by atoms with Gasteiger partial charge >= 0.3 is 0 Å². The molecule has 0 bridgehead atoms. The van der Waals surface area contributed by atoms with Crippen LogP contribution in [-0.2, 0) is 7.05 Å². The molecule has 3 nitrogen and oxygen atoms in total. The van der Waals surface area contributed by atoms with E-state index >= 15 is 0 Å². The van der Waals surface area contributed by atoms with Gasteiger partial charge in [-0.1, -0.05) is 39.8 Å². The van der Waals surface area contributed by atoms with E-state index in [0.29, 0.717) is 0 Å². The van der Waals surface area contributed by atoms with E-state index in [9.17, 15) is 4.79 Å². The summed E-state index contributed by atoms with van der Waals surface area (Å²) in [5.74, 6) is 0. The third kappa shape index (κ3) is 2.98. The molecule has 1 N–H and O–H groups in total. The Hall–Kier alpha value is -1.51. The molecule has 0 aliphatic heterocycles. The summed E-state index contributed by atoms with van der Waals surface area (Å²) in [4.78, 5) is 11.1. The number of hydrogen-bond donors (Lipinski definition) is 1. The minimum absolute atomic E-state index is 0.0249. The number of fused-ring (bicyclic) bond motifs is 1. The van der Waals surface area contributed by atoms with E-state index in [1.165, 1.54) is 0 Å². The zero-order valence-electron chi connectivity index (χ0n) is 10.2. The molecular weight excluding hydrogens is 188 g/mol. The molecular formula is C12H20N2O. The zero-order chi connectivity index (χ0) is 11.8. The summed E-state index contributed by atoms with van der Waals surface area (Å²) in [5, 5.41) is 3.42. The van der Waals surface area contributed by atoms with Crippen molar-refractivity contribution in [3.05, 3.63) is 34.6 Å². The molecule has 2 aromatic rings. The Labute approximate surface area is 90.7 Å². The van der Waals surface area contributed by atoms with E-state index < -0.39 is 0 Å². The summed E-state index contributed by atoms with van der Waals surface area (Å²) < 4.78 is 1.72. The molecule has 15 heavy (non-hydrogen) atoms. The van der Waals surface area contributed by atoms with Crippen molar-refractivity contribution in [1.82, 2.24) is 9.78 Å². The number of benzene rings is 1. The first-order valence-corrected chi connectivity index (χ1v) is 5.43. The van der Waals surface area contributed by atoms with Crippen LogP contribution in [0.4, 0.5) is 0 Å². The number of para-hydroxylation sites is 1. The first-order chi connectivity index (χ1) is 7.29. The predicted molar refractivity (Wildman–Crippen MR) is 66.2 cm³/mol. The number of nitrogens with one attached hydrogen (secondary N) is 1. The van der Waals surface area contributed by atoms with Crippen molar-refractivity contribution >= 4 is 10.9 Å². The average molecular weight is 208 g/mol. The Morgan fingerprint density at radius 2 is 1.60 bits per heavy atom. The molecule has 0 spiro atoms. The third-order valence-electron chi connectivity index (χ3n) is 1.78. The van der Waals surface area contributed by atoms with Crippen LogP contribution in [0.2, 0.25) is 0 Å². The number of aromatic nitrogens is 2. The van der Waals surface area contributed by atoms with Crippen LogP contribution in [0.5, 0.6) is 0 Å². The van der Waals surface area contributed by atoms with Crippen molar-refractivity contribution in [2.75, 3.05) is 0 Å². The highest BCUT2D eigenvalue weighted by Gasteiger charge is 1.99. The van der Waals surface area contributed by atoms with Gasteiger partial charge in [0.2, 0.25) is 0 Å². The summed E-state index contributed by atoms with van der Waals surface area (Å²) in [7, 11) is 1.82. The van der Waals surface area contributed by atoms with Gasteiger partial charge in [-0.3, -0.25) is 14.6 Å². The highest BCUT2D eigenvalue weighted by molar-refractivity contribution is 5.77. The fraction of sp³-hybridized carbons (Fsp3) is 0.417. The van der Waals surface area contributed by atoms with Crippen LogP contribution in [0.15, 0.2) is 29.1 Å². The number of aryl methyl sites for hydroxylation is 1. The van der Waals surface area contributed by atoms with Crippen molar-refractivity contribution in [2.24, 2.45) is 7.05 Å². The Morgan fingerprint density at radius 3 is 2.13 bits per heavy atom. The lowest BCUT2D eigenvalue weighted by Crippen LogP contribution is -2.01. The van der Waals surface area contributed by atoms with Crippen LogP contribution in [0, 0.1) is 0 Å². The Kier molecular flexibility index (Phi) is 6.18. The molecule has 0 fully saturated rings. The second kappa shape index (κ2) is 6.87. The highest BCUT2D eigenvalue weighted by atomic mass is 16.1. The molecule has 0 saturated carbocycles. The number of nitrogens with zero attached hydrogens (tertiary/aromatic N) is 1. The lowest BCUT2D eigenvalue weighted by atomic mass is 10.2. The van der Waals surface area contributed by atoms with Crippen LogP contribution in [-0.4, -0.2) is 9.78 Å². The molecule has 2 rings (SSSR count). The third-order valence-corrected chi connectivity index (χ3v) is 1.78. The molecule has 0 aliphatic carbocycles. The normalized spacial score (nSPS) is 8.60. The van der Waals surface area contributed by atoms with Crippen LogP contribution in [0.25, 0.3) is 10.9 Å². The van der Waals surface area contributed by atoms with E-state index in [4.69, 9.17) is 0 Å². The van der Waals surface area contributed by atoms with E-state index in [-0.39, 0.29) is 5.56 Å². The van der Waals surface area contributed by atoms with Gasteiger partial charge in [-0.25, -0.2) is 0 Å². The number of aromatic amines is 1. The molecule has 3 heteroatoms. The largest absolute Gasteiger partial charge is 0.288 e. The van der Waals surface area contributed by atoms with Gasteiger partial charge in [0.05, 0.1) is 10.9 Å². The predicted octanol–water partition coefficient (Wildman–Crippen LogP) is 2.92. The lowest BCUT2D eigenvalue weighted by molar-refractivity contribution is 0.783. The fourth-order valence-corrected chi connectivity index (χ4v) is 1.23. The molecule has 0 aliphatic rings. The monoisotopic (exact) mass is 208 g/mol. The average Bonchev–Trinajstić information content (AvgIpc) is 2.61. The zero-order valence-corrected chi connectivity index (χ0v) is 10.2. The van der Waals surface area contributed by atoms with E-state index in [1.807, 2.05) is 59.0 Å². The molecule has 0 saturated heterocycles. The molecule has 0 unspecified atom stereocenters. The second-order valence-electron chi connectivity index (χ2n) is 2.52. The van der Waals surface area contributed by atoms with Gasteiger partial charge in [-0.05, 0) is 12.1 Å². The molecule has 0 amide bonds. The number of H-pyrrole nitrogens is 1.